The Labute approximate surface area is 139 Å². The van der Waals surface area contributed by atoms with Crippen molar-refractivity contribution < 1.29 is 9.47 Å². The largest absolute Gasteiger partial charge is 0.494 e. The smallest absolute Gasteiger partial charge is 0.316 e. The number of methoxy groups -OCH3 is 1. The number of nitrogens with zero attached hydrogens (tertiary/aromatic N) is 6. The number of imidazole rings is 1. The lowest BCUT2D eigenvalue weighted by atomic mass is 10.1. The van der Waals surface area contributed by atoms with Crippen LogP contribution in [0.1, 0.15) is 12.8 Å². The molecule has 3 aromatic rings. The molecule has 0 radical (unpaired) electrons. The highest BCUT2D eigenvalue weighted by Crippen LogP contribution is 2.21. The van der Waals surface area contributed by atoms with Crippen LogP contribution in [-0.2, 0) is 0 Å². The number of hydrogen-bond donors (Lipinski definition) is 0. The molecule has 1 fully saturated rings. The molecule has 8 nitrogen and oxygen atoms in total. The average molecular weight is 326 g/mol. The molecule has 1 saturated heterocycles. The van der Waals surface area contributed by atoms with Gasteiger partial charge in [-0.15, -0.1) is 5.10 Å². The van der Waals surface area contributed by atoms with Crippen molar-refractivity contribution in [3.63, 3.8) is 0 Å². The van der Waals surface area contributed by atoms with Gasteiger partial charge in [-0.25, -0.2) is 9.50 Å². The van der Waals surface area contributed by atoms with E-state index in [1.807, 2.05) is 18.3 Å². The maximum atomic E-state index is 5.86. The van der Waals surface area contributed by atoms with Crippen LogP contribution < -0.4 is 14.4 Å². The van der Waals surface area contributed by atoms with E-state index in [-0.39, 0.29) is 6.10 Å². The second kappa shape index (κ2) is 6.31. The predicted octanol–water partition coefficient (Wildman–Crippen LogP) is 1.58. The summed E-state index contributed by atoms with van der Waals surface area (Å²) in [7, 11) is 1.59. The molecular formula is C16H18N6O2. The lowest BCUT2D eigenvalue weighted by Gasteiger charge is -2.32. The van der Waals surface area contributed by atoms with Crippen LogP contribution in [0.5, 0.6) is 11.8 Å². The minimum atomic E-state index is 0.117. The third-order valence-corrected chi connectivity index (χ3v) is 4.12. The molecular weight excluding hydrogens is 308 g/mol. The zero-order valence-corrected chi connectivity index (χ0v) is 13.4. The van der Waals surface area contributed by atoms with Crippen LogP contribution in [-0.4, -0.2) is 50.9 Å². The Hall–Kier alpha value is -2.90. The van der Waals surface area contributed by atoms with Crippen molar-refractivity contribution in [2.45, 2.75) is 18.9 Å². The molecule has 124 valence electrons. The second-order valence-corrected chi connectivity index (χ2v) is 5.63. The zero-order valence-electron chi connectivity index (χ0n) is 13.4. The van der Waals surface area contributed by atoms with Crippen molar-refractivity contribution in [1.29, 1.82) is 0 Å². The summed E-state index contributed by atoms with van der Waals surface area (Å²) in [4.78, 5) is 14.8. The average Bonchev–Trinajstić information content (AvgIpc) is 3.11. The summed E-state index contributed by atoms with van der Waals surface area (Å²) in [5.74, 6) is 1.58. The van der Waals surface area contributed by atoms with Crippen molar-refractivity contribution in [3.8, 4) is 11.8 Å². The van der Waals surface area contributed by atoms with E-state index in [0.29, 0.717) is 11.8 Å². The second-order valence-electron chi connectivity index (χ2n) is 5.63. The van der Waals surface area contributed by atoms with Gasteiger partial charge in [-0.1, -0.05) is 0 Å². The van der Waals surface area contributed by atoms with Gasteiger partial charge in [0.2, 0.25) is 0 Å². The predicted molar refractivity (Wildman–Crippen MR) is 87.4 cm³/mol. The molecule has 0 amide bonds. The van der Waals surface area contributed by atoms with Gasteiger partial charge in [-0.3, -0.25) is 0 Å². The van der Waals surface area contributed by atoms with Gasteiger partial charge in [0.25, 0.3) is 0 Å². The minimum Gasteiger partial charge on any atom is -0.494 e. The fourth-order valence-electron chi connectivity index (χ4n) is 2.80. The minimum absolute atomic E-state index is 0.117. The van der Waals surface area contributed by atoms with Gasteiger partial charge in [0.15, 0.2) is 11.4 Å². The highest BCUT2D eigenvalue weighted by atomic mass is 16.5. The third kappa shape index (κ3) is 2.94. The monoisotopic (exact) mass is 326 g/mol. The summed E-state index contributed by atoms with van der Waals surface area (Å²) in [6, 6.07) is 4.39. The Balaban J connectivity index is 1.37. The van der Waals surface area contributed by atoms with E-state index in [2.05, 4.69) is 25.0 Å². The van der Waals surface area contributed by atoms with E-state index in [1.54, 1.807) is 30.2 Å². The highest BCUT2D eigenvalue weighted by molar-refractivity contribution is 5.46. The van der Waals surface area contributed by atoms with Crippen molar-refractivity contribution in [2.24, 2.45) is 0 Å². The van der Waals surface area contributed by atoms with Crippen LogP contribution in [0.25, 0.3) is 5.65 Å². The van der Waals surface area contributed by atoms with Crippen LogP contribution >= 0.6 is 0 Å². The van der Waals surface area contributed by atoms with Crippen LogP contribution in [0.15, 0.2) is 36.9 Å². The van der Waals surface area contributed by atoms with E-state index in [9.17, 15) is 0 Å². The molecule has 24 heavy (non-hydrogen) atoms. The Morgan fingerprint density at radius 2 is 1.88 bits per heavy atom. The van der Waals surface area contributed by atoms with E-state index in [1.165, 1.54) is 0 Å². The molecule has 4 rings (SSSR count). The first kappa shape index (κ1) is 14.7. The number of rotatable bonds is 4. The van der Waals surface area contributed by atoms with Gasteiger partial charge in [-0.05, 0) is 12.1 Å². The maximum absolute atomic E-state index is 5.86. The normalized spacial score (nSPS) is 15.6. The molecule has 1 aliphatic heterocycles. The number of anilines is 1. The van der Waals surface area contributed by atoms with Gasteiger partial charge in [0.05, 0.1) is 19.5 Å². The molecule has 0 aromatic carbocycles. The van der Waals surface area contributed by atoms with Crippen molar-refractivity contribution in [2.75, 3.05) is 25.1 Å². The standard InChI is InChI=1S/C16H18N6O2/c1-23-13-10-18-16(19-11-13)24-12-4-7-21(8-5-12)15-3-2-14-17-6-9-22(14)20-15/h2-3,6,9-12H,4-5,7-8H2,1H3. The SMILES string of the molecule is COc1cnc(OC2CCN(c3ccc4nccn4n3)CC2)nc1. The van der Waals surface area contributed by atoms with Crippen molar-refractivity contribution >= 4 is 11.5 Å². The highest BCUT2D eigenvalue weighted by Gasteiger charge is 2.22. The summed E-state index contributed by atoms with van der Waals surface area (Å²) in [5.41, 5.74) is 0.855. The van der Waals surface area contributed by atoms with Gasteiger partial charge < -0.3 is 14.4 Å². The van der Waals surface area contributed by atoms with Gasteiger partial charge in [0.1, 0.15) is 11.9 Å². The number of fused-ring (bicyclic) bond motifs is 1. The molecule has 0 saturated carbocycles. The molecule has 3 aromatic heterocycles. The van der Waals surface area contributed by atoms with Crippen LogP contribution in [0.2, 0.25) is 0 Å². The fourth-order valence-corrected chi connectivity index (χ4v) is 2.80. The molecule has 0 unspecified atom stereocenters. The van der Waals surface area contributed by atoms with E-state index in [0.717, 1.165) is 37.4 Å². The quantitative estimate of drug-likeness (QED) is 0.720. The number of aromatic nitrogens is 5. The first-order valence-corrected chi connectivity index (χ1v) is 7.90. The van der Waals surface area contributed by atoms with Gasteiger partial charge >= 0.3 is 6.01 Å². The Morgan fingerprint density at radius 1 is 1.08 bits per heavy atom. The molecule has 4 heterocycles. The third-order valence-electron chi connectivity index (χ3n) is 4.12. The van der Waals surface area contributed by atoms with E-state index < -0.39 is 0 Å². The lowest BCUT2D eigenvalue weighted by Crippen LogP contribution is -2.39. The summed E-state index contributed by atoms with van der Waals surface area (Å²) in [5, 5.41) is 4.59. The summed E-state index contributed by atoms with van der Waals surface area (Å²) in [6.45, 7) is 1.77. The topological polar surface area (TPSA) is 77.7 Å². The first-order valence-electron chi connectivity index (χ1n) is 7.90. The molecule has 0 bridgehead atoms. The number of ether oxygens (including phenoxy) is 2. The molecule has 0 spiro atoms. The van der Waals surface area contributed by atoms with E-state index >= 15 is 0 Å². The van der Waals surface area contributed by atoms with Gasteiger partial charge in [0, 0.05) is 38.3 Å². The Bertz CT molecular complexity index is 811. The van der Waals surface area contributed by atoms with Crippen LogP contribution in [0.3, 0.4) is 0 Å². The number of hydrogen-bond acceptors (Lipinski definition) is 7. The summed E-state index contributed by atoms with van der Waals surface area (Å²) >= 11 is 0. The number of piperidine rings is 1. The van der Waals surface area contributed by atoms with Crippen molar-refractivity contribution in [1.82, 2.24) is 24.6 Å². The zero-order chi connectivity index (χ0) is 16.4. The fraction of sp³-hybridized carbons (Fsp3) is 0.375. The molecule has 0 atom stereocenters. The summed E-state index contributed by atoms with van der Waals surface area (Å²) < 4.78 is 12.7. The first-order chi connectivity index (χ1) is 11.8. The van der Waals surface area contributed by atoms with Crippen LogP contribution in [0, 0.1) is 0 Å². The maximum Gasteiger partial charge on any atom is 0.316 e. The summed E-state index contributed by atoms with van der Waals surface area (Å²) in [6.07, 6.45) is 8.75. The van der Waals surface area contributed by atoms with E-state index in [4.69, 9.17) is 9.47 Å². The Kier molecular flexibility index (Phi) is 3.86. The lowest BCUT2D eigenvalue weighted by molar-refractivity contribution is 0.155. The van der Waals surface area contributed by atoms with Crippen molar-refractivity contribution in [3.05, 3.63) is 36.9 Å². The van der Waals surface area contributed by atoms with Gasteiger partial charge in [-0.2, -0.15) is 9.97 Å². The van der Waals surface area contributed by atoms with Crippen LogP contribution in [0.4, 0.5) is 5.82 Å². The molecule has 0 aliphatic carbocycles. The molecule has 1 aliphatic rings. The molecule has 0 N–H and O–H groups in total. The Morgan fingerprint density at radius 3 is 2.62 bits per heavy atom. The molecule has 8 heteroatoms.